The first-order valence-corrected chi connectivity index (χ1v) is 12.7. The largest absolute Gasteiger partial charge is 0.430 e. The minimum absolute atomic E-state index is 0.0314. The number of benzene rings is 2. The van der Waals surface area contributed by atoms with Gasteiger partial charge >= 0.3 is 12.4 Å². The lowest BCUT2D eigenvalue weighted by atomic mass is 9.87. The lowest BCUT2D eigenvalue weighted by molar-refractivity contribution is -0.376. The summed E-state index contributed by atoms with van der Waals surface area (Å²) in [6.07, 6.45) is -13.7. The van der Waals surface area contributed by atoms with Crippen LogP contribution in [0.15, 0.2) is 47.4 Å². The molecule has 15 heteroatoms. The predicted octanol–water partition coefficient (Wildman–Crippen LogP) is 3.24. The Hall–Kier alpha value is -2.91. The van der Waals surface area contributed by atoms with Crippen molar-refractivity contribution >= 4 is 21.6 Å². The summed E-state index contributed by atoms with van der Waals surface area (Å²) >= 11 is 0. The Labute approximate surface area is 212 Å². The smallest absolute Gasteiger partial charge is 0.389 e. The van der Waals surface area contributed by atoms with Crippen LogP contribution in [0.5, 0.6) is 0 Å². The van der Waals surface area contributed by atoms with E-state index in [1.165, 1.54) is 4.90 Å². The molecule has 7 nitrogen and oxygen atoms in total. The number of aliphatic hydroxyl groups excluding tert-OH is 1. The zero-order chi connectivity index (χ0) is 28.3. The molecule has 1 amide bonds. The number of anilines is 1. The molecule has 2 aromatic rings. The van der Waals surface area contributed by atoms with Gasteiger partial charge in [0.05, 0.1) is 22.7 Å². The van der Waals surface area contributed by atoms with Crippen molar-refractivity contribution in [2.75, 3.05) is 17.4 Å². The van der Waals surface area contributed by atoms with Crippen LogP contribution in [0.25, 0.3) is 0 Å². The second-order valence-corrected chi connectivity index (χ2v) is 11.0. The van der Waals surface area contributed by atoms with Crippen molar-refractivity contribution in [3.8, 4) is 0 Å². The quantitative estimate of drug-likeness (QED) is 0.539. The van der Waals surface area contributed by atoms with Crippen molar-refractivity contribution in [2.45, 2.75) is 54.3 Å². The van der Waals surface area contributed by atoms with E-state index >= 15 is 0 Å². The Balaban J connectivity index is 1.80. The monoisotopic (exact) mass is 570 g/mol. The molecule has 2 heterocycles. The molecule has 2 aliphatic heterocycles. The second kappa shape index (κ2) is 9.38. The highest BCUT2D eigenvalue weighted by atomic mass is 32.2. The molecule has 1 atom stereocenters. The molecule has 0 radical (unpaired) electrons. The van der Waals surface area contributed by atoms with Crippen molar-refractivity contribution in [3.05, 3.63) is 59.4 Å². The Morgan fingerprint density at radius 1 is 0.974 bits per heavy atom. The van der Waals surface area contributed by atoms with Crippen molar-refractivity contribution in [1.29, 1.82) is 0 Å². The maximum Gasteiger partial charge on any atom is 0.430 e. The third-order valence-electron chi connectivity index (χ3n) is 6.63. The standard InChI is InChI=1S/C23H21F7N2O5S/c24-15-3-6-18(7-4-15)38(36,37)32-16(10-20(34)31-11-17(33)12-31)5-1-13-9-14(2-8-19(13)32)21(35,22(25,26)27)23(28,29)30/h2-4,6-9,16-17,33,35H,1,5,10-12H2. The molecule has 0 aromatic heterocycles. The van der Waals surface area contributed by atoms with Crippen molar-refractivity contribution in [1.82, 2.24) is 4.90 Å². The molecule has 2 aromatic carbocycles. The molecule has 1 fully saturated rings. The average molecular weight is 570 g/mol. The van der Waals surface area contributed by atoms with Crippen molar-refractivity contribution in [2.24, 2.45) is 0 Å². The highest BCUT2D eigenvalue weighted by Crippen LogP contribution is 2.51. The maximum absolute atomic E-state index is 13.6. The molecule has 0 spiro atoms. The zero-order valence-electron chi connectivity index (χ0n) is 19.3. The number of likely N-dealkylation sites (tertiary alicyclic amines) is 1. The topological polar surface area (TPSA) is 98.2 Å². The molecule has 38 heavy (non-hydrogen) atoms. The summed E-state index contributed by atoms with van der Waals surface area (Å²) in [4.78, 5) is 13.5. The van der Waals surface area contributed by atoms with Gasteiger partial charge in [0.1, 0.15) is 5.82 Å². The van der Waals surface area contributed by atoms with Crippen LogP contribution >= 0.6 is 0 Å². The zero-order valence-corrected chi connectivity index (χ0v) is 20.1. The molecule has 0 aliphatic carbocycles. The third-order valence-corrected chi connectivity index (χ3v) is 8.51. The summed E-state index contributed by atoms with van der Waals surface area (Å²) < 4.78 is 122. The maximum atomic E-state index is 13.6. The minimum Gasteiger partial charge on any atom is -0.389 e. The van der Waals surface area contributed by atoms with E-state index in [9.17, 15) is 54.2 Å². The van der Waals surface area contributed by atoms with Crippen LogP contribution in [0.3, 0.4) is 0 Å². The minimum atomic E-state index is -6.13. The van der Waals surface area contributed by atoms with Crippen LogP contribution in [0.1, 0.15) is 24.0 Å². The van der Waals surface area contributed by atoms with E-state index in [0.717, 1.165) is 34.6 Å². The first-order chi connectivity index (χ1) is 17.5. The highest BCUT2D eigenvalue weighted by Gasteiger charge is 2.71. The molecular weight excluding hydrogens is 549 g/mol. The van der Waals surface area contributed by atoms with Gasteiger partial charge in [-0.15, -0.1) is 0 Å². The number of alkyl halides is 6. The summed E-state index contributed by atoms with van der Waals surface area (Å²) in [7, 11) is -4.58. The first-order valence-electron chi connectivity index (χ1n) is 11.2. The average Bonchev–Trinajstić information content (AvgIpc) is 2.79. The van der Waals surface area contributed by atoms with E-state index in [-0.39, 0.29) is 43.6 Å². The number of aliphatic hydroxyl groups is 2. The molecule has 208 valence electrons. The van der Waals surface area contributed by atoms with Gasteiger partial charge in [-0.3, -0.25) is 9.10 Å². The molecule has 0 saturated carbocycles. The van der Waals surface area contributed by atoms with Crippen LogP contribution in [-0.4, -0.2) is 67.0 Å². The Bertz CT molecular complexity index is 1310. The van der Waals surface area contributed by atoms with Crippen LogP contribution < -0.4 is 4.31 Å². The fourth-order valence-corrected chi connectivity index (χ4v) is 6.29. The summed E-state index contributed by atoms with van der Waals surface area (Å²) in [6.45, 7) is 0.0629. The highest BCUT2D eigenvalue weighted by molar-refractivity contribution is 7.92. The van der Waals surface area contributed by atoms with E-state index in [2.05, 4.69) is 0 Å². The van der Waals surface area contributed by atoms with Crippen LogP contribution in [0.2, 0.25) is 0 Å². The van der Waals surface area contributed by atoms with Gasteiger partial charge in [0.2, 0.25) is 5.91 Å². The number of halogens is 7. The fourth-order valence-electron chi connectivity index (χ4n) is 4.57. The molecule has 2 aliphatic rings. The van der Waals surface area contributed by atoms with Crippen LogP contribution in [0, 0.1) is 5.82 Å². The van der Waals surface area contributed by atoms with E-state index in [4.69, 9.17) is 0 Å². The molecule has 1 saturated heterocycles. The summed E-state index contributed by atoms with van der Waals surface area (Å²) in [5, 5.41) is 19.2. The van der Waals surface area contributed by atoms with Gasteiger partial charge in [0.25, 0.3) is 15.6 Å². The summed E-state index contributed by atoms with van der Waals surface area (Å²) in [6, 6.07) is 4.00. The number of β-amino-alcohol motifs (C(OH)–C–C–N with tert-alkyl or cyclic N) is 1. The number of carbonyl (C=O) groups excluding carboxylic acids is 1. The Morgan fingerprint density at radius 2 is 1.55 bits per heavy atom. The Morgan fingerprint density at radius 3 is 2.08 bits per heavy atom. The van der Waals surface area contributed by atoms with Gasteiger partial charge in [-0.1, -0.05) is 12.1 Å². The predicted molar refractivity (Wildman–Crippen MR) is 118 cm³/mol. The lowest BCUT2D eigenvalue weighted by Gasteiger charge is -2.41. The van der Waals surface area contributed by atoms with Gasteiger partial charge in [-0.2, -0.15) is 26.3 Å². The molecule has 4 rings (SSSR count). The summed E-state index contributed by atoms with van der Waals surface area (Å²) in [5.41, 5.74) is -7.26. The van der Waals surface area contributed by atoms with E-state index in [1.807, 2.05) is 0 Å². The van der Waals surface area contributed by atoms with Crippen molar-refractivity contribution < 1.29 is 54.2 Å². The number of fused-ring (bicyclic) bond motifs is 1. The second-order valence-electron chi connectivity index (χ2n) is 9.15. The number of hydrogen-bond acceptors (Lipinski definition) is 5. The Kier molecular flexibility index (Phi) is 6.94. The number of carbonyl (C=O) groups is 1. The van der Waals surface area contributed by atoms with Gasteiger partial charge in [0, 0.05) is 25.1 Å². The lowest BCUT2D eigenvalue weighted by Crippen LogP contribution is -2.55. The molecule has 2 N–H and O–H groups in total. The van der Waals surface area contributed by atoms with Gasteiger partial charge in [0.15, 0.2) is 0 Å². The van der Waals surface area contributed by atoms with Crippen LogP contribution in [-0.2, 0) is 26.8 Å². The number of aryl methyl sites for hydroxylation is 1. The van der Waals surface area contributed by atoms with E-state index in [0.29, 0.717) is 12.1 Å². The van der Waals surface area contributed by atoms with Crippen molar-refractivity contribution in [3.63, 3.8) is 0 Å². The van der Waals surface area contributed by atoms with Gasteiger partial charge in [-0.25, -0.2) is 12.8 Å². The normalized spacial score (nSPS) is 19.2. The molecular formula is C23H21F7N2O5S. The number of sulfonamides is 1. The third kappa shape index (κ3) is 4.71. The fraction of sp³-hybridized carbons (Fsp3) is 0.435. The van der Waals surface area contributed by atoms with E-state index in [1.54, 1.807) is 0 Å². The SMILES string of the molecule is O=C(CC1CCc2cc(C(O)(C(F)(F)F)C(F)(F)F)ccc2N1S(=O)(=O)c1ccc(F)cc1)N1CC(O)C1. The van der Waals surface area contributed by atoms with Crippen LogP contribution in [0.4, 0.5) is 36.4 Å². The molecule has 1 unspecified atom stereocenters. The number of nitrogens with zero attached hydrogens (tertiary/aromatic N) is 2. The number of amides is 1. The number of rotatable bonds is 5. The van der Waals surface area contributed by atoms with Gasteiger partial charge in [-0.05, 0) is 48.7 Å². The summed E-state index contributed by atoms with van der Waals surface area (Å²) in [5.74, 6) is -1.27. The molecule has 0 bridgehead atoms. The first kappa shape index (κ1) is 28.1. The van der Waals surface area contributed by atoms with Gasteiger partial charge < -0.3 is 15.1 Å². The number of hydrogen-bond donors (Lipinski definition) is 2. The van der Waals surface area contributed by atoms with E-state index < -0.39 is 62.3 Å².